The Morgan fingerprint density at radius 1 is 1.08 bits per heavy atom. The van der Waals surface area contributed by atoms with Gasteiger partial charge in [-0.2, -0.15) is 0 Å². The number of ether oxygens (including phenoxy) is 3. The van der Waals surface area contributed by atoms with Gasteiger partial charge >= 0.3 is 0 Å². The van der Waals surface area contributed by atoms with Gasteiger partial charge in [0.15, 0.2) is 11.5 Å². The van der Waals surface area contributed by atoms with Crippen molar-refractivity contribution in [2.24, 2.45) is 0 Å². The van der Waals surface area contributed by atoms with Gasteiger partial charge in [0.2, 0.25) is 0 Å². The first-order chi connectivity index (χ1) is 18.1. The van der Waals surface area contributed by atoms with Gasteiger partial charge in [-0.05, 0) is 53.9 Å². The minimum atomic E-state index is -0.793. The minimum absolute atomic E-state index is 0.0187. The van der Waals surface area contributed by atoms with Crippen LogP contribution in [0, 0.1) is 0 Å². The average molecular weight is 501 g/mol. The van der Waals surface area contributed by atoms with Crippen molar-refractivity contribution in [2.75, 3.05) is 19.8 Å². The molecule has 1 N–H and O–H groups in total. The zero-order valence-electron chi connectivity index (χ0n) is 20.6. The molecule has 0 radical (unpaired) electrons. The average Bonchev–Trinajstić information content (AvgIpc) is 3.18. The van der Waals surface area contributed by atoms with Crippen molar-refractivity contribution in [2.45, 2.75) is 32.4 Å². The topological polar surface area (TPSA) is 98.2 Å². The van der Waals surface area contributed by atoms with E-state index in [9.17, 15) is 14.7 Å². The van der Waals surface area contributed by atoms with Crippen LogP contribution in [0.3, 0.4) is 0 Å². The molecular formula is C29H28N2O6. The number of carbonyl (C=O) groups is 2. The number of aliphatic hydroxyl groups is 1. The standard InChI is InChI=1S/C29H28N2O6/c1-2-3-13-35-22-9-6-20(7-10-22)26-25(27(32)21-8-11-23-24(16-21)37-15-14-36-23)28(33)29(34)31(26)18-19-5-4-12-30-17-19/h4-12,16-17,26,32H,2-3,13-15,18H2,1H3/t26-/m0/s1. The number of ketones is 1. The summed E-state index contributed by atoms with van der Waals surface area (Å²) in [5.41, 5.74) is 1.84. The number of hydrogen-bond donors (Lipinski definition) is 1. The molecule has 1 saturated heterocycles. The van der Waals surface area contributed by atoms with E-state index in [0.717, 1.165) is 18.4 Å². The van der Waals surface area contributed by atoms with Crippen molar-refractivity contribution in [1.29, 1.82) is 0 Å². The van der Waals surface area contributed by atoms with Crippen molar-refractivity contribution < 1.29 is 28.9 Å². The minimum Gasteiger partial charge on any atom is -0.507 e. The molecule has 1 fully saturated rings. The lowest BCUT2D eigenvalue weighted by Gasteiger charge is -2.25. The maximum absolute atomic E-state index is 13.3. The zero-order chi connectivity index (χ0) is 25.8. The van der Waals surface area contributed by atoms with Crippen LogP contribution in [0.25, 0.3) is 5.76 Å². The SMILES string of the molecule is CCCCOc1ccc([C@H]2C(=C(O)c3ccc4c(c3)OCCO4)C(=O)C(=O)N2Cc2cccnc2)cc1. The summed E-state index contributed by atoms with van der Waals surface area (Å²) >= 11 is 0. The van der Waals surface area contributed by atoms with E-state index in [1.165, 1.54) is 4.90 Å². The summed E-state index contributed by atoms with van der Waals surface area (Å²) in [7, 11) is 0. The third-order valence-electron chi connectivity index (χ3n) is 6.39. The fraction of sp³-hybridized carbons (Fsp3) is 0.276. The van der Waals surface area contributed by atoms with Crippen molar-refractivity contribution in [1.82, 2.24) is 9.88 Å². The molecule has 1 amide bonds. The fourth-order valence-corrected chi connectivity index (χ4v) is 4.50. The van der Waals surface area contributed by atoms with Crippen LogP contribution in [0.4, 0.5) is 0 Å². The van der Waals surface area contributed by atoms with E-state index in [1.54, 1.807) is 36.7 Å². The molecule has 190 valence electrons. The Morgan fingerprint density at radius 3 is 2.59 bits per heavy atom. The number of aliphatic hydroxyl groups excluding tert-OH is 1. The summed E-state index contributed by atoms with van der Waals surface area (Å²) in [6, 6.07) is 15.1. The van der Waals surface area contributed by atoms with Gasteiger partial charge in [-0.15, -0.1) is 0 Å². The van der Waals surface area contributed by atoms with Gasteiger partial charge < -0.3 is 24.2 Å². The predicted octanol–water partition coefficient (Wildman–Crippen LogP) is 4.65. The molecule has 37 heavy (non-hydrogen) atoms. The number of rotatable bonds is 8. The van der Waals surface area contributed by atoms with Crippen LogP contribution in [0.2, 0.25) is 0 Å². The predicted molar refractivity (Wildman–Crippen MR) is 136 cm³/mol. The largest absolute Gasteiger partial charge is 0.507 e. The number of unbranched alkanes of at least 4 members (excludes halogenated alkanes) is 1. The molecule has 2 aliphatic rings. The third-order valence-corrected chi connectivity index (χ3v) is 6.39. The first-order valence-corrected chi connectivity index (χ1v) is 12.4. The lowest BCUT2D eigenvalue weighted by Crippen LogP contribution is -2.29. The first kappa shape index (κ1) is 24.4. The van der Waals surface area contributed by atoms with Crippen molar-refractivity contribution >= 4 is 17.4 Å². The van der Waals surface area contributed by atoms with Crippen LogP contribution in [-0.2, 0) is 16.1 Å². The highest BCUT2D eigenvalue weighted by Gasteiger charge is 2.46. The molecule has 5 rings (SSSR count). The normalized spacial score (nSPS) is 18.2. The van der Waals surface area contributed by atoms with E-state index in [1.807, 2.05) is 30.3 Å². The molecule has 1 aromatic heterocycles. The Hall–Kier alpha value is -4.33. The summed E-state index contributed by atoms with van der Waals surface area (Å²) in [6.45, 7) is 3.70. The molecule has 3 heterocycles. The smallest absolute Gasteiger partial charge is 0.295 e. The van der Waals surface area contributed by atoms with E-state index in [4.69, 9.17) is 14.2 Å². The number of amides is 1. The van der Waals surface area contributed by atoms with Crippen LogP contribution in [0.5, 0.6) is 17.2 Å². The molecule has 8 heteroatoms. The molecule has 0 aliphatic carbocycles. The van der Waals surface area contributed by atoms with E-state index in [-0.39, 0.29) is 17.9 Å². The van der Waals surface area contributed by atoms with E-state index < -0.39 is 17.7 Å². The summed E-state index contributed by atoms with van der Waals surface area (Å²) in [5, 5.41) is 11.4. The van der Waals surface area contributed by atoms with Crippen LogP contribution in [-0.4, -0.2) is 46.5 Å². The Balaban J connectivity index is 1.56. The highest BCUT2D eigenvalue weighted by Crippen LogP contribution is 2.42. The Morgan fingerprint density at radius 2 is 1.86 bits per heavy atom. The molecule has 0 bridgehead atoms. The van der Waals surface area contributed by atoms with Gasteiger partial charge in [-0.1, -0.05) is 31.5 Å². The number of pyridine rings is 1. The number of fused-ring (bicyclic) bond motifs is 1. The lowest BCUT2D eigenvalue weighted by molar-refractivity contribution is -0.140. The number of likely N-dealkylation sites (tertiary alicyclic amines) is 1. The molecule has 0 saturated carbocycles. The highest BCUT2D eigenvalue weighted by atomic mass is 16.6. The number of aromatic nitrogens is 1. The van der Waals surface area contributed by atoms with Gasteiger partial charge in [-0.3, -0.25) is 14.6 Å². The Labute approximate surface area is 215 Å². The van der Waals surface area contributed by atoms with Crippen molar-refractivity contribution in [3.8, 4) is 17.2 Å². The number of carbonyl (C=O) groups excluding carboxylic acids is 2. The van der Waals surface area contributed by atoms with Crippen molar-refractivity contribution in [3.63, 3.8) is 0 Å². The fourth-order valence-electron chi connectivity index (χ4n) is 4.50. The van der Waals surface area contributed by atoms with Crippen LogP contribution >= 0.6 is 0 Å². The van der Waals surface area contributed by atoms with Gasteiger partial charge in [0.1, 0.15) is 24.7 Å². The van der Waals surface area contributed by atoms with Crippen molar-refractivity contribution in [3.05, 3.63) is 89.3 Å². The number of hydrogen-bond acceptors (Lipinski definition) is 7. The van der Waals surface area contributed by atoms with E-state index in [2.05, 4.69) is 11.9 Å². The molecule has 2 aliphatic heterocycles. The number of Topliss-reactive ketones (excluding diaryl/α,β-unsaturated/α-hetero) is 1. The van der Waals surface area contributed by atoms with Crippen LogP contribution in [0.1, 0.15) is 42.5 Å². The molecule has 8 nitrogen and oxygen atoms in total. The van der Waals surface area contributed by atoms with Gasteiger partial charge in [0, 0.05) is 24.5 Å². The Kier molecular flexibility index (Phi) is 7.07. The van der Waals surface area contributed by atoms with Crippen LogP contribution in [0.15, 0.2) is 72.6 Å². The Bertz CT molecular complexity index is 1320. The second-order valence-corrected chi connectivity index (χ2v) is 8.92. The van der Waals surface area contributed by atoms with E-state index in [0.29, 0.717) is 48.2 Å². The second kappa shape index (κ2) is 10.7. The maximum atomic E-state index is 13.3. The second-order valence-electron chi connectivity index (χ2n) is 8.92. The summed E-state index contributed by atoms with van der Waals surface area (Å²) in [6.07, 6.45) is 5.28. The molecule has 1 atom stereocenters. The summed E-state index contributed by atoms with van der Waals surface area (Å²) in [4.78, 5) is 32.2. The molecule has 0 spiro atoms. The van der Waals surface area contributed by atoms with Gasteiger partial charge in [-0.25, -0.2) is 0 Å². The monoisotopic (exact) mass is 500 g/mol. The zero-order valence-corrected chi connectivity index (χ0v) is 20.6. The quantitative estimate of drug-likeness (QED) is 0.208. The van der Waals surface area contributed by atoms with E-state index >= 15 is 0 Å². The van der Waals surface area contributed by atoms with Gasteiger partial charge in [0.25, 0.3) is 11.7 Å². The van der Waals surface area contributed by atoms with Gasteiger partial charge in [0.05, 0.1) is 18.2 Å². The number of benzene rings is 2. The molecule has 2 aromatic carbocycles. The highest BCUT2D eigenvalue weighted by molar-refractivity contribution is 6.46. The molecular weight excluding hydrogens is 472 g/mol. The lowest BCUT2D eigenvalue weighted by atomic mass is 9.95. The maximum Gasteiger partial charge on any atom is 0.295 e. The third kappa shape index (κ3) is 5.00. The summed E-state index contributed by atoms with van der Waals surface area (Å²) in [5.74, 6) is 0.0476. The summed E-state index contributed by atoms with van der Waals surface area (Å²) < 4.78 is 17.0. The molecule has 0 unspecified atom stereocenters. The number of nitrogens with zero attached hydrogens (tertiary/aromatic N) is 2. The van der Waals surface area contributed by atoms with Crippen LogP contribution < -0.4 is 14.2 Å². The molecule has 3 aromatic rings. The first-order valence-electron chi connectivity index (χ1n) is 12.4.